The summed E-state index contributed by atoms with van der Waals surface area (Å²) in [5, 5.41) is 0. The molecule has 17 heavy (non-hydrogen) atoms. The summed E-state index contributed by atoms with van der Waals surface area (Å²) in [5.74, 6) is 0.867. The molecular formula is C10H14BrN5O. The summed E-state index contributed by atoms with van der Waals surface area (Å²) >= 11 is 3.43. The number of carbonyl (C=O) groups excluding carboxylic acids is 1. The highest BCUT2D eigenvalue weighted by Gasteiger charge is 2.19. The summed E-state index contributed by atoms with van der Waals surface area (Å²) < 4.78 is 0.868. The van der Waals surface area contributed by atoms with Gasteiger partial charge in [0.15, 0.2) is 0 Å². The molecule has 1 saturated heterocycles. The molecule has 0 spiro atoms. The number of anilines is 1. The molecule has 0 atom stereocenters. The molecule has 2 amide bonds. The zero-order chi connectivity index (χ0) is 12.3. The van der Waals surface area contributed by atoms with Crippen LogP contribution in [0.5, 0.6) is 0 Å². The lowest BCUT2D eigenvalue weighted by Crippen LogP contribution is -2.38. The van der Waals surface area contributed by atoms with Gasteiger partial charge in [0, 0.05) is 32.4 Å². The van der Waals surface area contributed by atoms with Gasteiger partial charge in [0.1, 0.15) is 12.1 Å². The Hall–Kier alpha value is -1.37. The molecule has 1 aliphatic heterocycles. The Balaban J connectivity index is 2.09. The second-order valence-electron chi connectivity index (χ2n) is 3.86. The fourth-order valence-electron chi connectivity index (χ4n) is 1.89. The number of rotatable bonds is 1. The van der Waals surface area contributed by atoms with Crippen LogP contribution in [0.3, 0.4) is 0 Å². The van der Waals surface area contributed by atoms with Crippen LogP contribution in [0, 0.1) is 0 Å². The molecule has 0 aromatic carbocycles. The molecule has 92 valence electrons. The van der Waals surface area contributed by atoms with Crippen LogP contribution in [-0.2, 0) is 0 Å². The van der Waals surface area contributed by atoms with Gasteiger partial charge in [-0.25, -0.2) is 14.8 Å². The molecule has 2 rings (SSSR count). The highest BCUT2D eigenvalue weighted by molar-refractivity contribution is 9.10. The molecule has 0 bridgehead atoms. The van der Waals surface area contributed by atoms with E-state index < -0.39 is 0 Å². The Morgan fingerprint density at radius 3 is 2.88 bits per heavy atom. The minimum Gasteiger partial charge on any atom is -0.354 e. The van der Waals surface area contributed by atoms with E-state index >= 15 is 0 Å². The van der Waals surface area contributed by atoms with Crippen molar-refractivity contribution < 1.29 is 4.79 Å². The van der Waals surface area contributed by atoms with Crippen LogP contribution in [0.4, 0.5) is 10.6 Å². The van der Waals surface area contributed by atoms with Crippen molar-refractivity contribution in [2.45, 2.75) is 6.42 Å². The van der Waals surface area contributed by atoms with Gasteiger partial charge in [-0.2, -0.15) is 0 Å². The third kappa shape index (κ3) is 2.85. The number of nitrogens with zero attached hydrogens (tertiary/aromatic N) is 4. The summed E-state index contributed by atoms with van der Waals surface area (Å²) in [6, 6.07) is -0.353. The van der Waals surface area contributed by atoms with E-state index in [-0.39, 0.29) is 6.03 Å². The molecule has 0 aliphatic carbocycles. The van der Waals surface area contributed by atoms with Gasteiger partial charge < -0.3 is 15.5 Å². The number of hydrogen-bond acceptors (Lipinski definition) is 4. The van der Waals surface area contributed by atoms with Crippen LogP contribution < -0.4 is 10.6 Å². The second-order valence-corrected chi connectivity index (χ2v) is 4.71. The number of carbonyl (C=O) groups is 1. The Morgan fingerprint density at radius 1 is 1.35 bits per heavy atom. The average Bonchev–Trinajstić information content (AvgIpc) is 2.55. The first kappa shape index (κ1) is 12.1. The molecule has 0 unspecified atom stereocenters. The molecule has 0 saturated carbocycles. The molecular weight excluding hydrogens is 286 g/mol. The summed E-state index contributed by atoms with van der Waals surface area (Å²) in [6.07, 6.45) is 4.13. The van der Waals surface area contributed by atoms with Gasteiger partial charge in [-0.05, 0) is 22.4 Å². The van der Waals surface area contributed by atoms with Crippen LogP contribution in [0.25, 0.3) is 0 Å². The van der Waals surface area contributed by atoms with E-state index in [1.165, 1.54) is 6.33 Å². The quantitative estimate of drug-likeness (QED) is 0.833. The van der Waals surface area contributed by atoms with Crippen LogP contribution in [0.2, 0.25) is 0 Å². The number of hydrogen-bond donors (Lipinski definition) is 1. The van der Waals surface area contributed by atoms with Crippen LogP contribution >= 0.6 is 15.9 Å². The van der Waals surface area contributed by atoms with Crippen molar-refractivity contribution in [1.82, 2.24) is 14.9 Å². The Kier molecular flexibility index (Phi) is 3.78. The number of nitrogens with two attached hydrogens (primary N) is 1. The number of primary amides is 1. The first-order valence-electron chi connectivity index (χ1n) is 5.43. The van der Waals surface area contributed by atoms with Crippen LogP contribution in [-0.4, -0.2) is 47.1 Å². The standard InChI is InChI=1S/C10H14BrN5O/c11-8-6-13-7-14-9(8)15-2-1-3-16(5-4-15)10(12)17/h6-7H,1-5H2,(H2,12,17). The molecule has 7 heteroatoms. The van der Waals surface area contributed by atoms with Crippen molar-refractivity contribution in [3.8, 4) is 0 Å². The van der Waals surface area contributed by atoms with Gasteiger partial charge in [0.2, 0.25) is 0 Å². The normalized spacial score (nSPS) is 16.8. The summed E-state index contributed by atoms with van der Waals surface area (Å²) in [5.41, 5.74) is 5.28. The maximum Gasteiger partial charge on any atom is 0.314 e. The Labute approximate surface area is 108 Å². The van der Waals surface area contributed by atoms with E-state index in [0.29, 0.717) is 13.1 Å². The number of urea groups is 1. The molecule has 2 N–H and O–H groups in total. The SMILES string of the molecule is NC(=O)N1CCCN(c2ncncc2Br)CC1. The summed E-state index contributed by atoms with van der Waals surface area (Å²) in [7, 11) is 0. The first-order chi connectivity index (χ1) is 8.18. The van der Waals surface area contributed by atoms with Gasteiger partial charge in [0.25, 0.3) is 0 Å². The van der Waals surface area contributed by atoms with Crippen LogP contribution in [0.15, 0.2) is 17.0 Å². The van der Waals surface area contributed by atoms with E-state index in [9.17, 15) is 4.79 Å². The predicted octanol–water partition coefficient (Wildman–Crippen LogP) is 0.830. The highest BCUT2D eigenvalue weighted by atomic mass is 79.9. The van der Waals surface area contributed by atoms with Crippen molar-refractivity contribution >= 4 is 27.8 Å². The van der Waals surface area contributed by atoms with Crippen molar-refractivity contribution in [2.24, 2.45) is 5.73 Å². The van der Waals surface area contributed by atoms with E-state index in [4.69, 9.17) is 5.73 Å². The molecule has 6 nitrogen and oxygen atoms in total. The minimum atomic E-state index is -0.353. The fraction of sp³-hybridized carbons (Fsp3) is 0.500. The van der Waals surface area contributed by atoms with Crippen molar-refractivity contribution in [1.29, 1.82) is 0 Å². The Bertz CT molecular complexity index is 413. The smallest absolute Gasteiger partial charge is 0.314 e. The number of aromatic nitrogens is 2. The monoisotopic (exact) mass is 299 g/mol. The fourth-order valence-corrected chi connectivity index (χ4v) is 2.36. The van der Waals surface area contributed by atoms with Gasteiger partial charge in [0.05, 0.1) is 4.47 Å². The molecule has 1 fully saturated rings. The van der Waals surface area contributed by atoms with Crippen molar-refractivity contribution in [3.63, 3.8) is 0 Å². The van der Waals surface area contributed by atoms with Crippen LogP contribution in [0.1, 0.15) is 6.42 Å². The second kappa shape index (κ2) is 5.31. The first-order valence-corrected chi connectivity index (χ1v) is 6.22. The topological polar surface area (TPSA) is 75.4 Å². The van der Waals surface area contributed by atoms with Gasteiger partial charge >= 0.3 is 6.03 Å². The summed E-state index contributed by atoms with van der Waals surface area (Å²) in [6.45, 7) is 2.93. The third-order valence-electron chi connectivity index (χ3n) is 2.76. The number of halogens is 1. The van der Waals surface area contributed by atoms with E-state index in [2.05, 4.69) is 30.8 Å². The maximum absolute atomic E-state index is 11.1. The zero-order valence-corrected chi connectivity index (χ0v) is 10.9. The van der Waals surface area contributed by atoms with Crippen molar-refractivity contribution in [2.75, 3.05) is 31.1 Å². The van der Waals surface area contributed by atoms with Gasteiger partial charge in [-0.3, -0.25) is 0 Å². The van der Waals surface area contributed by atoms with Gasteiger partial charge in [-0.1, -0.05) is 0 Å². The lowest BCUT2D eigenvalue weighted by molar-refractivity contribution is 0.211. The predicted molar refractivity (Wildman–Crippen MR) is 67.7 cm³/mol. The summed E-state index contributed by atoms with van der Waals surface area (Å²) in [4.78, 5) is 23.1. The lowest BCUT2D eigenvalue weighted by Gasteiger charge is -2.22. The molecule has 1 aromatic heterocycles. The van der Waals surface area contributed by atoms with E-state index in [0.717, 1.165) is 29.8 Å². The Morgan fingerprint density at radius 2 is 2.18 bits per heavy atom. The molecule has 2 heterocycles. The minimum absolute atomic E-state index is 0.353. The average molecular weight is 300 g/mol. The largest absolute Gasteiger partial charge is 0.354 e. The lowest BCUT2D eigenvalue weighted by atomic mass is 10.4. The highest BCUT2D eigenvalue weighted by Crippen LogP contribution is 2.22. The molecule has 1 aromatic rings. The van der Waals surface area contributed by atoms with E-state index in [1.807, 2.05) is 0 Å². The number of amides is 2. The molecule has 1 aliphatic rings. The zero-order valence-electron chi connectivity index (χ0n) is 9.34. The van der Waals surface area contributed by atoms with E-state index in [1.54, 1.807) is 11.1 Å². The van der Waals surface area contributed by atoms with Crippen molar-refractivity contribution in [3.05, 3.63) is 17.0 Å². The van der Waals surface area contributed by atoms with Gasteiger partial charge in [-0.15, -0.1) is 0 Å². The maximum atomic E-state index is 11.1. The third-order valence-corrected chi connectivity index (χ3v) is 3.31. The molecule has 0 radical (unpaired) electrons.